The molecule has 1 aliphatic heterocycles. The number of piperazine rings is 1. The van der Waals surface area contributed by atoms with Gasteiger partial charge in [-0.25, -0.2) is 0 Å². The monoisotopic (exact) mass is 166 g/mol. The molecule has 0 N–H and O–H groups in total. The molecule has 68 valence electrons. The molecule has 1 rings (SSSR count). The fourth-order valence-electron chi connectivity index (χ4n) is 1.69. The summed E-state index contributed by atoms with van der Waals surface area (Å²) >= 11 is 0. The molecule has 0 amide bonds. The first kappa shape index (κ1) is 10.1. The number of nitrogens with zero attached hydrogens (tertiary/aromatic N) is 2. The van der Waals surface area contributed by atoms with Crippen molar-refractivity contribution in [3.8, 4) is 0 Å². The first-order chi connectivity index (χ1) is 5.74. The third kappa shape index (κ3) is 2.79. The summed E-state index contributed by atoms with van der Waals surface area (Å²) in [4.78, 5) is 4.96. The van der Waals surface area contributed by atoms with Gasteiger partial charge in [0.05, 0.1) is 7.85 Å². The zero-order valence-corrected chi connectivity index (χ0v) is 8.29. The Morgan fingerprint density at radius 1 is 1.17 bits per heavy atom. The van der Waals surface area contributed by atoms with Crippen LogP contribution in [0.25, 0.3) is 0 Å². The van der Waals surface area contributed by atoms with Gasteiger partial charge in [0, 0.05) is 32.2 Å². The highest BCUT2D eigenvalue weighted by atomic mass is 15.3. The zero-order valence-electron chi connectivity index (χ0n) is 8.29. The first-order valence-electron chi connectivity index (χ1n) is 4.90. The zero-order chi connectivity index (χ0) is 8.97. The van der Waals surface area contributed by atoms with E-state index in [1.165, 1.54) is 26.2 Å². The third-order valence-corrected chi connectivity index (χ3v) is 2.58. The number of hydrogen-bond donors (Lipinski definition) is 0. The van der Waals surface area contributed by atoms with Crippen molar-refractivity contribution in [1.29, 1.82) is 0 Å². The molecule has 12 heavy (non-hydrogen) atoms. The lowest BCUT2D eigenvalue weighted by Crippen LogP contribution is -2.48. The Morgan fingerprint density at radius 3 is 2.17 bits per heavy atom. The van der Waals surface area contributed by atoms with E-state index in [1.54, 1.807) is 0 Å². The third-order valence-electron chi connectivity index (χ3n) is 2.58. The van der Waals surface area contributed by atoms with E-state index in [4.69, 9.17) is 7.85 Å². The topological polar surface area (TPSA) is 6.48 Å². The summed E-state index contributed by atoms with van der Waals surface area (Å²) in [5.74, 6) is 0. The molecule has 0 aromatic carbocycles. The van der Waals surface area contributed by atoms with Crippen LogP contribution in [0.2, 0.25) is 6.32 Å². The summed E-state index contributed by atoms with van der Waals surface area (Å²) in [6.45, 7) is 10.4. The highest BCUT2D eigenvalue weighted by Crippen LogP contribution is 2.05. The largest absolute Gasteiger partial charge is 0.302 e. The van der Waals surface area contributed by atoms with E-state index in [9.17, 15) is 0 Å². The molecule has 0 aliphatic carbocycles. The van der Waals surface area contributed by atoms with Crippen LogP contribution in [0, 0.1) is 0 Å². The lowest BCUT2D eigenvalue weighted by Gasteiger charge is -2.36. The molecule has 0 atom stereocenters. The molecule has 1 heterocycles. The lowest BCUT2D eigenvalue weighted by atomic mass is 10.0. The van der Waals surface area contributed by atoms with Gasteiger partial charge < -0.3 is 4.90 Å². The average Bonchev–Trinajstić information content (AvgIpc) is 2.06. The Morgan fingerprint density at radius 2 is 1.75 bits per heavy atom. The van der Waals surface area contributed by atoms with Crippen molar-refractivity contribution in [1.82, 2.24) is 9.80 Å². The molecule has 1 fully saturated rings. The number of rotatable bonds is 3. The SMILES string of the molecule is [B]CCN1CCN(C(C)C)CC1. The molecule has 0 bridgehead atoms. The van der Waals surface area contributed by atoms with Crippen LogP contribution >= 0.6 is 0 Å². The normalized spacial score (nSPS) is 21.9. The van der Waals surface area contributed by atoms with Crippen molar-refractivity contribution in [2.75, 3.05) is 32.7 Å². The predicted molar refractivity (Wildman–Crippen MR) is 53.7 cm³/mol. The lowest BCUT2D eigenvalue weighted by molar-refractivity contribution is 0.112. The summed E-state index contributed by atoms with van der Waals surface area (Å²) in [7, 11) is 5.50. The molecular formula is C9H19BN2. The Bertz CT molecular complexity index is 120. The van der Waals surface area contributed by atoms with E-state index in [1.807, 2.05) is 0 Å². The van der Waals surface area contributed by atoms with Crippen LogP contribution in [0.4, 0.5) is 0 Å². The molecule has 3 heteroatoms. The summed E-state index contributed by atoms with van der Waals surface area (Å²) in [5.41, 5.74) is 0. The van der Waals surface area contributed by atoms with Crippen molar-refractivity contribution in [2.45, 2.75) is 26.2 Å². The number of hydrogen-bond acceptors (Lipinski definition) is 2. The fourth-order valence-corrected chi connectivity index (χ4v) is 1.69. The van der Waals surface area contributed by atoms with Crippen molar-refractivity contribution in [2.24, 2.45) is 0 Å². The van der Waals surface area contributed by atoms with Crippen LogP contribution in [0.5, 0.6) is 0 Å². The van der Waals surface area contributed by atoms with Crippen LogP contribution in [0.3, 0.4) is 0 Å². The van der Waals surface area contributed by atoms with E-state index < -0.39 is 0 Å². The summed E-state index contributed by atoms with van der Waals surface area (Å²) in [6, 6.07) is 0.699. The van der Waals surface area contributed by atoms with Crippen LogP contribution in [-0.4, -0.2) is 56.4 Å². The second kappa shape index (κ2) is 4.88. The first-order valence-corrected chi connectivity index (χ1v) is 4.90. The second-order valence-electron chi connectivity index (χ2n) is 3.76. The molecule has 2 nitrogen and oxygen atoms in total. The fraction of sp³-hybridized carbons (Fsp3) is 1.00. The van der Waals surface area contributed by atoms with E-state index in [-0.39, 0.29) is 0 Å². The van der Waals surface area contributed by atoms with Gasteiger partial charge in [0.25, 0.3) is 0 Å². The maximum atomic E-state index is 5.50. The van der Waals surface area contributed by atoms with Crippen LogP contribution in [0.15, 0.2) is 0 Å². The Kier molecular flexibility index (Phi) is 4.09. The molecule has 1 saturated heterocycles. The average molecular weight is 166 g/mol. The molecule has 0 saturated carbocycles. The minimum Gasteiger partial charge on any atom is -0.302 e. The van der Waals surface area contributed by atoms with Gasteiger partial charge in [-0.2, -0.15) is 0 Å². The van der Waals surface area contributed by atoms with Gasteiger partial charge in [-0.15, -0.1) is 0 Å². The minimum atomic E-state index is 0.699. The van der Waals surface area contributed by atoms with Crippen LogP contribution < -0.4 is 0 Å². The quantitative estimate of drug-likeness (QED) is 0.566. The van der Waals surface area contributed by atoms with Crippen molar-refractivity contribution < 1.29 is 0 Å². The van der Waals surface area contributed by atoms with E-state index in [2.05, 4.69) is 23.6 Å². The van der Waals surface area contributed by atoms with Gasteiger partial charge in [-0.3, -0.25) is 4.90 Å². The van der Waals surface area contributed by atoms with Crippen molar-refractivity contribution >= 4 is 7.85 Å². The molecule has 0 aromatic rings. The van der Waals surface area contributed by atoms with E-state index >= 15 is 0 Å². The summed E-state index contributed by atoms with van der Waals surface area (Å²) in [6.07, 6.45) is 0.793. The molecule has 0 spiro atoms. The molecular weight excluding hydrogens is 147 g/mol. The summed E-state index contributed by atoms with van der Waals surface area (Å²) < 4.78 is 0. The van der Waals surface area contributed by atoms with Crippen molar-refractivity contribution in [3.63, 3.8) is 0 Å². The van der Waals surface area contributed by atoms with Gasteiger partial charge >= 0.3 is 0 Å². The van der Waals surface area contributed by atoms with Gasteiger partial charge in [-0.05, 0) is 20.4 Å². The van der Waals surface area contributed by atoms with Crippen LogP contribution in [0.1, 0.15) is 13.8 Å². The highest BCUT2D eigenvalue weighted by Gasteiger charge is 2.17. The maximum absolute atomic E-state index is 5.50. The molecule has 2 radical (unpaired) electrons. The molecule has 1 aliphatic rings. The molecule has 0 unspecified atom stereocenters. The predicted octanol–water partition coefficient (Wildman–Crippen LogP) is 0.599. The minimum absolute atomic E-state index is 0.699. The molecule has 0 aromatic heterocycles. The van der Waals surface area contributed by atoms with Crippen LogP contribution in [-0.2, 0) is 0 Å². The highest BCUT2D eigenvalue weighted by molar-refractivity contribution is 6.08. The Labute approximate surface area is 77.3 Å². The smallest absolute Gasteiger partial charge is 0.0670 e. The second-order valence-corrected chi connectivity index (χ2v) is 3.76. The van der Waals surface area contributed by atoms with E-state index in [0.717, 1.165) is 12.9 Å². The Balaban J connectivity index is 2.20. The van der Waals surface area contributed by atoms with Crippen molar-refractivity contribution in [3.05, 3.63) is 0 Å². The Hall–Kier alpha value is -0.0151. The van der Waals surface area contributed by atoms with E-state index in [0.29, 0.717) is 6.04 Å². The standard InChI is InChI=1S/C9H19BN2/c1-9(2)12-7-5-11(4-3-10)6-8-12/h9H,3-8H2,1-2H3. The van der Waals surface area contributed by atoms with Gasteiger partial charge in [0.1, 0.15) is 0 Å². The van der Waals surface area contributed by atoms with Gasteiger partial charge in [0.15, 0.2) is 0 Å². The van der Waals surface area contributed by atoms with Gasteiger partial charge in [0.2, 0.25) is 0 Å². The maximum Gasteiger partial charge on any atom is 0.0670 e. The van der Waals surface area contributed by atoms with Gasteiger partial charge in [-0.1, -0.05) is 6.32 Å². The summed E-state index contributed by atoms with van der Waals surface area (Å²) in [5, 5.41) is 0.